The van der Waals surface area contributed by atoms with Crippen LogP contribution in [-0.4, -0.2) is 37.5 Å². The SMILES string of the molecule is CCOCCC(=O)OCCCCCO. The molecule has 4 nitrogen and oxygen atoms in total. The molecule has 0 saturated carbocycles. The molecule has 0 spiro atoms. The van der Waals surface area contributed by atoms with Crippen molar-refractivity contribution in [2.75, 3.05) is 26.4 Å². The highest BCUT2D eigenvalue weighted by Crippen LogP contribution is 1.96. The van der Waals surface area contributed by atoms with Crippen LogP contribution in [0.15, 0.2) is 0 Å². The van der Waals surface area contributed by atoms with E-state index in [9.17, 15) is 4.79 Å². The van der Waals surface area contributed by atoms with Gasteiger partial charge in [0.05, 0.1) is 19.6 Å². The monoisotopic (exact) mass is 204 g/mol. The van der Waals surface area contributed by atoms with Gasteiger partial charge in [-0.25, -0.2) is 0 Å². The van der Waals surface area contributed by atoms with Gasteiger partial charge in [0.15, 0.2) is 0 Å². The standard InChI is InChI=1S/C10H20O4/c1-2-13-9-6-10(12)14-8-5-3-4-7-11/h11H,2-9H2,1H3. The lowest BCUT2D eigenvalue weighted by atomic mass is 10.2. The van der Waals surface area contributed by atoms with E-state index in [0.717, 1.165) is 19.3 Å². The van der Waals surface area contributed by atoms with Gasteiger partial charge in [-0.3, -0.25) is 4.79 Å². The molecular formula is C10H20O4. The minimum atomic E-state index is -0.206. The van der Waals surface area contributed by atoms with Crippen molar-refractivity contribution in [2.45, 2.75) is 32.6 Å². The number of esters is 1. The summed E-state index contributed by atoms with van der Waals surface area (Å²) in [4.78, 5) is 11.0. The van der Waals surface area contributed by atoms with Crippen LogP contribution in [-0.2, 0) is 14.3 Å². The van der Waals surface area contributed by atoms with Crippen molar-refractivity contribution in [3.8, 4) is 0 Å². The summed E-state index contributed by atoms with van der Waals surface area (Å²) in [5.74, 6) is -0.206. The van der Waals surface area contributed by atoms with Crippen molar-refractivity contribution < 1.29 is 19.4 Å². The van der Waals surface area contributed by atoms with E-state index in [1.54, 1.807) is 0 Å². The molecule has 4 heteroatoms. The highest BCUT2D eigenvalue weighted by Gasteiger charge is 2.01. The summed E-state index contributed by atoms with van der Waals surface area (Å²) in [6, 6.07) is 0. The number of aliphatic hydroxyl groups is 1. The van der Waals surface area contributed by atoms with Crippen LogP contribution < -0.4 is 0 Å². The zero-order valence-corrected chi connectivity index (χ0v) is 8.83. The maximum absolute atomic E-state index is 11.0. The average molecular weight is 204 g/mol. The molecule has 0 radical (unpaired) electrons. The molecule has 0 aliphatic carbocycles. The zero-order valence-electron chi connectivity index (χ0n) is 8.83. The van der Waals surface area contributed by atoms with E-state index in [-0.39, 0.29) is 12.6 Å². The Hall–Kier alpha value is -0.610. The van der Waals surface area contributed by atoms with Gasteiger partial charge < -0.3 is 14.6 Å². The first-order valence-corrected chi connectivity index (χ1v) is 5.15. The van der Waals surface area contributed by atoms with Crippen LogP contribution in [0.2, 0.25) is 0 Å². The van der Waals surface area contributed by atoms with Gasteiger partial charge in [0.1, 0.15) is 0 Å². The van der Waals surface area contributed by atoms with Gasteiger partial charge in [0.25, 0.3) is 0 Å². The second-order valence-corrected chi connectivity index (χ2v) is 2.95. The Bertz CT molecular complexity index is 136. The number of carbonyl (C=O) groups is 1. The molecule has 0 aliphatic heterocycles. The minimum Gasteiger partial charge on any atom is -0.466 e. The van der Waals surface area contributed by atoms with Gasteiger partial charge >= 0.3 is 5.97 Å². The third-order valence-corrected chi connectivity index (χ3v) is 1.72. The molecule has 0 saturated heterocycles. The van der Waals surface area contributed by atoms with E-state index in [1.165, 1.54) is 0 Å². The van der Waals surface area contributed by atoms with Crippen LogP contribution in [0.1, 0.15) is 32.6 Å². The normalized spacial score (nSPS) is 10.1. The topological polar surface area (TPSA) is 55.8 Å². The molecule has 0 aromatic rings. The summed E-state index contributed by atoms with van der Waals surface area (Å²) in [5.41, 5.74) is 0. The van der Waals surface area contributed by atoms with Gasteiger partial charge in [-0.2, -0.15) is 0 Å². The molecule has 0 atom stereocenters. The molecule has 1 N–H and O–H groups in total. The molecule has 0 aromatic carbocycles. The number of hydrogen-bond acceptors (Lipinski definition) is 4. The van der Waals surface area contributed by atoms with E-state index in [0.29, 0.717) is 26.2 Å². The van der Waals surface area contributed by atoms with Crippen molar-refractivity contribution in [1.29, 1.82) is 0 Å². The predicted molar refractivity (Wildman–Crippen MR) is 53.0 cm³/mol. The third-order valence-electron chi connectivity index (χ3n) is 1.72. The fraction of sp³-hybridized carbons (Fsp3) is 0.900. The number of carbonyl (C=O) groups excluding carboxylic acids is 1. The molecule has 0 aliphatic rings. The first-order valence-electron chi connectivity index (χ1n) is 5.15. The molecule has 84 valence electrons. The Morgan fingerprint density at radius 2 is 2.00 bits per heavy atom. The van der Waals surface area contributed by atoms with Gasteiger partial charge in [-0.15, -0.1) is 0 Å². The first-order chi connectivity index (χ1) is 6.81. The van der Waals surface area contributed by atoms with Gasteiger partial charge in [-0.1, -0.05) is 0 Å². The Kier molecular flexibility index (Phi) is 10.0. The summed E-state index contributed by atoms with van der Waals surface area (Å²) in [6.07, 6.45) is 2.82. The molecule has 0 rings (SSSR count). The Labute approximate surface area is 85.2 Å². The fourth-order valence-electron chi connectivity index (χ4n) is 0.949. The van der Waals surface area contributed by atoms with Crippen molar-refractivity contribution in [1.82, 2.24) is 0 Å². The Morgan fingerprint density at radius 1 is 1.21 bits per heavy atom. The lowest BCUT2D eigenvalue weighted by Crippen LogP contribution is -2.09. The van der Waals surface area contributed by atoms with Crippen LogP contribution in [0.3, 0.4) is 0 Å². The van der Waals surface area contributed by atoms with Crippen LogP contribution in [0.4, 0.5) is 0 Å². The number of hydrogen-bond donors (Lipinski definition) is 1. The number of unbranched alkanes of at least 4 members (excludes halogenated alkanes) is 2. The van der Waals surface area contributed by atoms with E-state index in [1.807, 2.05) is 6.92 Å². The van der Waals surface area contributed by atoms with E-state index < -0.39 is 0 Å². The lowest BCUT2D eigenvalue weighted by molar-refractivity contribution is -0.144. The Balaban J connectivity index is 3.10. The lowest BCUT2D eigenvalue weighted by Gasteiger charge is -2.04. The first kappa shape index (κ1) is 13.4. The summed E-state index contributed by atoms with van der Waals surface area (Å²) in [5, 5.41) is 8.49. The predicted octanol–water partition coefficient (Wildman–Crippen LogP) is 1.12. The van der Waals surface area contributed by atoms with Crippen molar-refractivity contribution in [3.63, 3.8) is 0 Å². The van der Waals surface area contributed by atoms with Crippen molar-refractivity contribution >= 4 is 5.97 Å². The van der Waals surface area contributed by atoms with Gasteiger partial charge in [0, 0.05) is 13.2 Å². The van der Waals surface area contributed by atoms with Crippen molar-refractivity contribution in [3.05, 3.63) is 0 Å². The highest BCUT2D eigenvalue weighted by molar-refractivity contribution is 5.69. The Morgan fingerprint density at radius 3 is 2.64 bits per heavy atom. The molecular weight excluding hydrogens is 184 g/mol. The molecule has 0 unspecified atom stereocenters. The molecule has 0 aromatic heterocycles. The largest absolute Gasteiger partial charge is 0.466 e. The second kappa shape index (κ2) is 10.5. The molecule has 0 bridgehead atoms. The molecule has 0 amide bonds. The number of rotatable bonds is 9. The second-order valence-electron chi connectivity index (χ2n) is 2.95. The zero-order chi connectivity index (χ0) is 10.6. The summed E-state index contributed by atoms with van der Waals surface area (Å²) in [7, 11) is 0. The summed E-state index contributed by atoms with van der Waals surface area (Å²) in [6.45, 7) is 3.61. The third kappa shape index (κ3) is 9.48. The van der Waals surface area contributed by atoms with Crippen LogP contribution >= 0.6 is 0 Å². The van der Waals surface area contributed by atoms with Crippen molar-refractivity contribution in [2.24, 2.45) is 0 Å². The highest BCUT2D eigenvalue weighted by atomic mass is 16.5. The molecule has 14 heavy (non-hydrogen) atoms. The van der Waals surface area contributed by atoms with Gasteiger partial charge in [0.2, 0.25) is 0 Å². The van der Waals surface area contributed by atoms with Crippen LogP contribution in [0.25, 0.3) is 0 Å². The average Bonchev–Trinajstić information content (AvgIpc) is 2.18. The number of aliphatic hydroxyl groups excluding tert-OH is 1. The summed E-state index contributed by atoms with van der Waals surface area (Å²) >= 11 is 0. The number of ether oxygens (including phenoxy) is 2. The molecule has 0 heterocycles. The van der Waals surface area contributed by atoms with E-state index in [2.05, 4.69) is 0 Å². The smallest absolute Gasteiger partial charge is 0.308 e. The minimum absolute atomic E-state index is 0.206. The maximum Gasteiger partial charge on any atom is 0.308 e. The molecule has 0 fully saturated rings. The van der Waals surface area contributed by atoms with Crippen LogP contribution in [0.5, 0.6) is 0 Å². The van der Waals surface area contributed by atoms with E-state index in [4.69, 9.17) is 14.6 Å². The van der Waals surface area contributed by atoms with Gasteiger partial charge in [-0.05, 0) is 26.2 Å². The fourth-order valence-corrected chi connectivity index (χ4v) is 0.949. The van der Waals surface area contributed by atoms with E-state index >= 15 is 0 Å². The maximum atomic E-state index is 11.0. The summed E-state index contributed by atoms with van der Waals surface area (Å²) < 4.78 is 9.95. The van der Waals surface area contributed by atoms with Crippen LogP contribution in [0, 0.1) is 0 Å². The quantitative estimate of drug-likeness (QED) is 0.451.